The molecule has 2 N–H and O–H groups in total. The average molecular weight is 280 g/mol. The fourth-order valence-electron chi connectivity index (χ4n) is 2.21. The van der Waals surface area contributed by atoms with Gasteiger partial charge < -0.3 is 15.4 Å². The summed E-state index contributed by atoms with van der Waals surface area (Å²) in [5, 5.41) is 4.16. The number of rotatable bonds is 3. The minimum Gasteiger partial charge on any atom is -0.373 e. The van der Waals surface area contributed by atoms with E-state index in [0.717, 1.165) is 0 Å². The van der Waals surface area contributed by atoms with Crippen LogP contribution in [-0.2, 0) is 16.1 Å². The van der Waals surface area contributed by atoms with Crippen LogP contribution in [0.25, 0.3) is 0 Å². The predicted molar refractivity (Wildman–Crippen MR) is 76.0 cm³/mol. The van der Waals surface area contributed by atoms with Gasteiger partial charge in [0, 0.05) is 25.5 Å². The van der Waals surface area contributed by atoms with E-state index >= 15 is 0 Å². The number of nitrogens with two attached hydrogens (primary N) is 1. The number of amides is 1. The predicted octanol–water partition coefficient (Wildman–Crippen LogP) is 0.484. The molecule has 1 fully saturated rings. The third-order valence-corrected chi connectivity index (χ3v) is 3.60. The highest BCUT2D eigenvalue weighted by Crippen LogP contribution is 2.20. The highest BCUT2D eigenvalue weighted by Gasteiger charge is 2.33. The molecule has 0 spiro atoms. The molecule has 2 rings (SSSR count). The molecule has 6 nitrogen and oxygen atoms in total. The first-order chi connectivity index (χ1) is 9.38. The summed E-state index contributed by atoms with van der Waals surface area (Å²) in [6.07, 6.45) is 3.60. The lowest BCUT2D eigenvalue weighted by Gasteiger charge is -2.37. The fourth-order valence-corrected chi connectivity index (χ4v) is 2.21. The van der Waals surface area contributed by atoms with Crippen LogP contribution in [0, 0.1) is 5.41 Å². The molecular weight excluding hydrogens is 256 g/mol. The lowest BCUT2D eigenvalue weighted by molar-refractivity contribution is -0.143. The number of hydrogen-bond acceptors (Lipinski definition) is 4. The van der Waals surface area contributed by atoms with Crippen LogP contribution < -0.4 is 5.73 Å². The Bertz CT molecular complexity index is 439. The first-order valence-corrected chi connectivity index (χ1v) is 7.01. The van der Waals surface area contributed by atoms with Crippen LogP contribution in [0.5, 0.6) is 0 Å². The maximum absolute atomic E-state index is 12.4. The van der Waals surface area contributed by atoms with Gasteiger partial charge in [-0.15, -0.1) is 0 Å². The van der Waals surface area contributed by atoms with Gasteiger partial charge in [0.25, 0.3) is 0 Å². The number of ether oxygens (including phenoxy) is 1. The fraction of sp³-hybridized carbons (Fsp3) is 0.714. The van der Waals surface area contributed by atoms with Crippen molar-refractivity contribution in [1.82, 2.24) is 14.7 Å². The van der Waals surface area contributed by atoms with Gasteiger partial charge in [-0.3, -0.25) is 9.48 Å². The third kappa shape index (κ3) is 3.58. The molecule has 1 aliphatic rings. The first-order valence-electron chi connectivity index (χ1n) is 7.01. The van der Waals surface area contributed by atoms with Crippen molar-refractivity contribution in [3.63, 3.8) is 0 Å². The second-order valence-electron chi connectivity index (χ2n) is 6.35. The maximum atomic E-state index is 12.4. The van der Waals surface area contributed by atoms with E-state index in [1.54, 1.807) is 6.20 Å². The number of aromatic nitrogens is 2. The second kappa shape index (κ2) is 5.93. The lowest BCUT2D eigenvalue weighted by atomic mass is 9.86. The van der Waals surface area contributed by atoms with Crippen LogP contribution in [-0.4, -0.2) is 52.4 Å². The quantitative estimate of drug-likeness (QED) is 0.874. The van der Waals surface area contributed by atoms with Crippen molar-refractivity contribution >= 4 is 5.91 Å². The number of carbonyl (C=O) groups excluding carboxylic acids is 1. The highest BCUT2D eigenvalue weighted by molar-refractivity contribution is 5.82. The summed E-state index contributed by atoms with van der Waals surface area (Å²) in [5.74, 6) is 0.00580. The number of carbonyl (C=O) groups is 1. The van der Waals surface area contributed by atoms with Crippen molar-refractivity contribution < 1.29 is 9.53 Å². The largest absolute Gasteiger partial charge is 0.373 e. The van der Waals surface area contributed by atoms with Gasteiger partial charge in [-0.1, -0.05) is 20.8 Å². The van der Waals surface area contributed by atoms with E-state index in [1.807, 2.05) is 42.6 Å². The zero-order valence-corrected chi connectivity index (χ0v) is 12.5. The summed E-state index contributed by atoms with van der Waals surface area (Å²) in [6, 6.07) is 1.40. The SMILES string of the molecule is CC(C)(C)[C@H](N)C(=O)N1CCOC(Cn2cccn2)C1. The summed E-state index contributed by atoms with van der Waals surface area (Å²) in [5.41, 5.74) is 5.83. The van der Waals surface area contributed by atoms with Crippen LogP contribution in [0.2, 0.25) is 0 Å². The van der Waals surface area contributed by atoms with Crippen LogP contribution in [0.4, 0.5) is 0 Å². The normalized spacial score (nSPS) is 21.8. The summed E-state index contributed by atoms with van der Waals surface area (Å²) >= 11 is 0. The van der Waals surface area contributed by atoms with Gasteiger partial charge in [-0.05, 0) is 11.5 Å². The molecule has 0 bridgehead atoms. The molecule has 1 unspecified atom stereocenters. The number of nitrogens with zero attached hydrogens (tertiary/aromatic N) is 3. The second-order valence-corrected chi connectivity index (χ2v) is 6.35. The highest BCUT2D eigenvalue weighted by atomic mass is 16.5. The van der Waals surface area contributed by atoms with Gasteiger partial charge in [0.15, 0.2) is 0 Å². The molecule has 1 aliphatic heterocycles. The van der Waals surface area contributed by atoms with Gasteiger partial charge in [0.05, 0.1) is 25.3 Å². The Balaban J connectivity index is 1.94. The molecule has 1 aromatic rings. The van der Waals surface area contributed by atoms with E-state index in [0.29, 0.717) is 26.2 Å². The van der Waals surface area contributed by atoms with Crippen LogP contribution in [0.15, 0.2) is 18.5 Å². The zero-order valence-electron chi connectivity index (χ0n) is 12.5. The minimum absolute atomic E-state index is 0.00580. The van der Waals surface area contributed by atoms with Crippen molar-refractivity contribution in [3.8, 4) is 0 Å². The Morgan fingerprint density at radius 2 is 2.30 bits per heavy atom. The molecule has 1 saturated heterocycles. The molecule has 6 heteroatoms. The van der Waals surface area contributed by atoms with E-state index in [-0.39, 0.29) is 17.4 Å². The minimum atomic E-state index is -0.481. The molecule has 0 saturated carbocycles. The molecule has 1 amide bonds. The summed E-state index contributed by atoms with van der Waals surface area (Å²) in [6.45, 7) is 8.34. The topological polar surface area (TPSA) is 73.4 Å². The molecule has 112 valence electrons. The molecule has 2 heterocycles. The van der Waals surface area contributed by atoms with Gasteiger partial charge in [0.1, 0.15) is 0 Å². The standard InChI is InChI=1S/C14H24N4O2/c1-14(2,3)12(15)13(19)17-7-8-20-11(9-17)10-18-6-4-5-16-18/h4-6,11-12H,7-10,15H2,1-3H3/t11?,12-/m1/s1. The Morgan fingerprint density at radius 3 is 2.90 bits per heavy atom. The van der Waals surface area contributed by atoms with Gasteiger partial charge in [-0.25, -0.2) is 0 Å². The summed E-state index contributed by atoms with van der Waals surface area (Å²) < 4.78 is 7.52. The van der Waals surface area contributed by atoms with Crippen LogP contribution in [0.3, 0.4) is 0 Å². The summed E-state index contributed by atoms with van der Waals surface area (Å²) in [4.78, 5) is 14.2. The molecule has 1 aromatic heterocycles. The Kier molecular flexibility index (Phi) is 4.45. The number of morpholine rings is 1. The molecule has 0 aliphatic carbocycles. The maximum Gasteiger partial charge on any atom is 0.240 e. The van der Waals surface area contributed by atoms with E-state index in [4.69, 9.17) is 10.5 Å². The van der Waals surface area contributed by atoms with Crippen LogP contribution in [0.1, 0.15) is 20.8 Å². The zero-order chi connectivity index (χ0) is 14.8. The van der Waals surface area contributed by atoms with Crippen LogP contribution >= 0.6 is 0 Å². The van der Waals surface area contributed by atoms with E-state index in [9.17, 15) is 4.79 Å². The van der Waals surface area contributed by atoms with Crippen molar-refractivity contribution in [3.05, 3.63) is 18.5 Å². The van der Waals surface area contributed by atoms with Gasteiger partial charge >= 0.3 is 0 Å². The van der Waals surface area contributed by atoms with Gasteiger partial charge in [0.2, 0.25) is 5.91 Å². The molecule has 0 aromatic carbocycles. The molecule has 0 radical (unpaired) electrons. The monoisotopic (exact) mass is 280 g/mol. The Morgan fingerprint density at radius 1 is 1.55 bits per heavy atom. The smallest absolute Gasteiger partial charge is 0.240 e. The molecular formula is C14H24N4O2. The van der Waals surface area contributed by atoms with E-state index < -0.39 is 6.04 Å². The third-order valence-electron chi connectivity index (χ3n) is 3.60. The number of hydrogen-bond donors (Lipinski definition) is 1. The van der Waals surface area contributed by atoms with Crippen molar-refractivity contribution in [2.24, 2.45) is 11.1 Å². The van der Waals surface area contributed by atoms with Crippen molar-refractivity contribution in [2.45, 2.75) is 39.5 Å². The lowest BCUT2D eigenvalue weighted by Crippen LogP contribution is -2.55. The van der Waals surface area contributed by atoms with Crippen molar-refractivity contribution in [1.29, 1.82) is 0 Å². The van der Waals surface area contributed by atoms with E-state index in [2.05, 4.69) is 5.10 Å². The Labute approximate surface area is 119 Å². The molecule has 2 atom stereocenters. The van der Waals surface area contributed by atoms with Gasteiger partial charge in [-0.2, -0.15) is 5.10 Å². The first kappa shape index (κ1) is 15.0. The van der Waals surface area contributed by atoms with Crippen molar-refractivity contribution in [2.75, 3.05) is 19.7 Å². The summed E-state index contributed by atoms with van der Waals surface area (Å²) in [7, 11) is 0. The Hall–Kier alpha value is -1.40. The van der Waals surface area contributed by atoms with E-state index in [1.165, 1.54) is 0 Å². The molecule has 20 heavy (non-hydrogen) atoms. The average Bonchev–Trinajstić information content (AvgIpc) is 2.89.